The van der Waals surface area contributed by atoms with Gasteiger partial charge in [0.1, 0.15) is 6.73 Å². The number of hydrogen-bond acceptors (Lipinski definition) is 2. The molecule has 2 atom stereocenters. The summed E-state index contributed by atoms with van der Waals surface area (Å²) in [6.45, 7) is 7.43. The zero-order valence-electron chi connectivity index (χ0n) is 15.1. The van der Waals surface area contributed by atoms with Crippen molar-refractivity contribution in [3.05, 3.63) is 0 Å². The lowest BCUT2D eigenvalue weighted by Gasteiger charge is -2.25. The van der Waals surface area contributed by atoms with Crippen LogP contribution < -0.4 is 0 Å². The molecule has 0 spiro atoms. The predicted octanol–water partition coefficient (Wildman–Crippen LogP) is 5.14. The van der Waals surface area contributed by atoms with Crippen LogP contribution in [-0.4, -0.2) is 30.2 Å². The van der Waals surface area contributed by atoms with Crippen molar-refractivity contribution >= 4 is 5.91 Å². The summed E-state index contributed by atoms with van der Waals surface area (Å²) in [7, 11) is 0. The Balaban J connectivity index is 2.10. The van der Waals surface area contributed by atoms with Gasteiger partial charge in [-0.1, -0.05) is 78.1 Å². The number of nitrogens with zero attached hydrogens (tertiary/aromatic N) is 1. The maximum Gasteiger partial charge on any atom is 0.221 e. The van der Waals surface area contributed by atoms with E-state index in [2.05, 4.69) is 13.8 Å². The Hall–Kier alpha value is -0.570. The minimum Gasteiger partial charge on any atom is -0.359 e. The second-order valence-electron chi connectivity index (χ2n) is 6.92. The van der Waals surface area contributed by atoms with Crippen LogP contribution in [0.5, 0.6) is 0 Å². The first-order valence-electron chi connectivity index (χ1n) is 9.53. The van der Waals surface area contributed by atoms with Crippen LogP contribution in [0.15, 0.2) is 0 Å². The summed E-state index contributed by atoms with van der Waals surface area (Å²) in [6.07, 6.45) is 14.7. The Bertz CT molecular complexity index is 293. The van der Waals surface area contributed by atoms with Crippen LogP contribution in [0.1, 0.15) is 91.4 Å². The van der Waals surface area contributed by atoms with Gasteiger partial charge in [0.2, 0.25) is 5.91 Å². The van der Waals surface area contributed by atoms with Crippen LogP contribution in [0.4, 0.5) is 0 Å². The zero-order chi connectivity index (χ0) is 16.2. The first-order chi connectivity index (χ1) is 10.7. The van der Waals surface area contributed by atoms with Gasteiger partial charge in [0.25, 0.3) is 0 Å². The van der Waals surface area contributed by atoms with Crippen molar-refractivity contribution < 1.29 is 9.53 Å². The molecule has 0 aliphatic carbocycles. The lowest BCUT2D eigenvalue weighted by atomic mass is 9.91. The van der Waals surface area contributed by atoms with E-state index in [0.29, 0.717) is 12.8 Å². The van der Waals surface area contributed by atoms with Crippen molar-refractivity contribution in [2.45, 2.75) is 97.4 Å². The lowest BCUT2D eigenvalue weighted by Crippen LogP contribution is -2.36. The number of ether oxygens (including phenoxy) is 1. The molecule has 0 N–H and O–H groups in total. The van der Waals surface area contributed by atoms with Gasteiger partial charge in [-0.25, -0.2) is 0 Å². The summed E-state index contributed by atoms with van der Waals surface area (Å²) in [6, 6.07) is 0.316. The van der Waals surface area contributed by atoms with Crippen LogP contribution in [0.2, 0.25) is 0 Å². The third-order valence-electron chi connectivity index (χ3n) is 5.03. The summed E-state index contributed by atoms with van der Waals surface area (Å²) in [5, 5.41) is 0. The highest BCUT2D eigenvalue weighted by Gasteiger charge is 2.28. The molecule has 0 bridgehead atoms. The highest BCUT2D eigenvalue weighted by Crippen LogP contribution is 2.24. The summed E-state index contributed by atoms with van der Waals surface area (Å²) < 4.78 is 5.47. The smallest absolute Gasteiger partial charge is 0.221 e. The summed E-state index contributed by atoms with van der Waals surface area (Å²) in [4.78, 5) is 13.5. The lowest BCUT2D eigenvalue weighted by molar-refractivity contribution is -0.131. The first kappa shape index (κ1) is 19.5. The van der Waals surface area contributed by atoms with Crippen LogP contribution in [-0.2, 0) is 9.53 Å². The van der Waals surface area contributed by atoms with E-state index in [1.165, 1.54) is 64.2 Å². The first-order valence-corrected chi connectivity index (χ1v) is 9.53. The monoisotopic (exact) mass is 311 g/mol. The Morgan fingerprint density at radius 2 is 1.73 bits per heavy atom. The minimum absolute atomic E-state index is 0.157. The number of hydrogen-bond donors (Lipinski definition) is 0. The van der Waals surface area contributed by atoms with Crippen molar-refractivity contribution in [1.29, 1.82) is 0 Å². The molecule has 1 saturated heterocycles. The molecule has 1 aliphatic rings. The van der Waals surface area contributed by atoms with Gasteiger partial charge in [0, 0.05) is 6.92 Å². The highest BCUT2D eigenvalue weighted by atomic mass is 16.5. The fourth-order valence-electron chi connectivity index (χ4n) is 3.47. The molecule has 3 heteroatoms. The summed E-state index contributed by atoms with van der Waals surface area (Å²) in [5.41, 5.74) is 0. The zero-order valence-corrected chi connectivity index (χ0v) is 15.1. The molecule has 1 rings (SSSR count). The van der Waals surface area contributed by atoms with Crippen LogP contribution in [0, 0.1) is 5.92 Å². The molecule has 1 fully saturated rings. The molecule has 1 heterocycles. The molecule has 22 heavy (non-hydrogen) atoms. The number of amides is 1. The van der Waals surface area contributed by atoms with E-state index < -0.39 is 0 Å². The number of carbonyl (C=O) groups is 1. The fourth-order valence-corrected chi connectivity index (χ4v) is 3.47. The average molecular weight is 312 g/mol. The van der Waals surface area contributed by atoms with Crippen molar-refractivity contribution in [2.24, 2.45) is 5.92 Å². The van der Waals surface area contributed by atoms with Crippen molar-refractivity contribution in [2.75, 3.05) is 13.3 Å². The van der Waals surface area contributed by atoms with E-state index in [1.54, 1.807) is 6.92 Å². The standard InChI is InChI=1S/C19H37NO2/c1-4-6-7-8-9-10-11-12-13-18(5-2)14-19-15-22-16-20(19)17(3)21/h18-19H,4-16H2,1-3H3. The summed E-state index contributed by atoms with van der Waals surface area (Å²) in [5.74, 6) is 0.901. The molecule has 3 nitrogen and oxygen atoms in total. The van der Waals surface area contributed by atoms with Crippen molar-refractivity contribution in [1.82, 2.24) is 4.90 Å². The van der Waals surface area contributed by atoms with Crippen LogP contribution >= 0.6 is 0 Å². The van der Waals surface area contributed by atoms with Crippen LogP contribution in [0.25, 0.3) is 0 Å². The Morgan fingerprint density at radius 3 is 2.32 bits per heavy atom. The van der Waals surface area contributed by atoms with Gasteiger partial charge in [-0.3, -0.25) is 4.79 Å². The Labute approximate surface area is 137 Å². The SMILES string of the molecule is CCCCCCCCCCC(CC)CC1COCN1C(C)=O. The second-order valence-corrected chi connectivity index (χ2v) is 6.92. The molecule has 0 radical (unpaired) electrons. The van der Waals surface area contributed by atoms with E-state index >= 15 is 0 Å². The van der Waals surface area contributed by atoms with E-state index in [4.69, 9.17) is 4.74 Å². The van der Waals surface area contributed by atoms with Gasteiger partial charge in [0.15, 0.2) is 0 Å². The molecule has 0 saturated carbocycles. The van der Waals surface area contributed by atoms with E-state index in [-0.39, 0.29) is 5.91 Å². The quantitative estimate of drug-likeness (QED) is 0.467. The topological polar surface area (TPSA) is 29.5 Å². The molecular weight excluding hydrogens is 274 g/mol. The molecule has 130 valence electrons. The van der Waals surface area contributed by atoms with Gasteiger partial charge in [-0.05, 0) is 12.3 Å². The summed E-state index contributed by atoms with van der Waals surface area (Å²) >= 11 is 0. The molecule has 0 aromatic heterocycles. The molecule has 1 aliphatic heterocycles. The minimum atomic E-state index is 0.157. The van der Waals surface area contributed by atoms with Gasteiger partial charge < -0.3 is 9.64 Å². The van der Waals surface area contributed by atoms with Crippen molar-refractivity contribution in [3.63, 3.8) is 0 Å². The van der Waals surface area contributed by atoms with Gasteiger partial charge in [-0.15, -0.1) is 0 Å². The third kappa shape index (κ3) is 7.62. The highest BCUT2D eigenvalue weighted by molar-refractivity contribution is 5.73. The molecule has 2 unspecified atom stereocenters. The van der Waals surface area contributed by atoms with Gasteiger partial charge in [0.05, 0.1) is 12.6 Å². The van der Waals surface area contributed by atoms with Gasteiger partial charge in [-0.2, -0.15) is 0 Å². The van der Waals surface area contributed by atoms with E-state index in [9.17, 15) is 4.79 Å². The second kappa shape index (κ2) is 11.9. The average Bonchev–Trinajstić information content (AvgIpc) is 2.97. The van der Waals surface area contributed by atoms with Gasteiger partial charge >= 0.3 is 0 Å². The molecule has 1 amide bonds. The predicted molar refractivity (Wildman–Crippen MR) is 92.8 cm³/mol. The molecule has 0 aromatic rings. The van der Waals surface area contributed by atoms with E-state index in [1.807, 2.05) is 4.90 Å². The normalized spacial score (nSPS) is 19.6. The number of unbranched alkanes of at least 4 members (excludes halogenated alkanes) is 7. The van der Waals surface area contributed by atoms with E-state index in [0.717, 1.165) is 18.9 Å². The Morgan fingerprint density at radius 1 is 1.09 bits per heavy atom. The molecular formula is C19H37NO2. The number of carbonyl (C=O) groups excluding carboxylic acids is 1. The molecule has 0 aromatic carbocycles. The largest absolute Gasteiger partial charge is 0.359 e. The number of rotatable bonds is 12. The van der Waals surface area contributed by atoms with Crippen LogP contribution in [0.3, 0.4) is 0 Å². The fraction of sp³-hybridized carbons (Fsp3) is 0.947. The Kier molecular flexibility index (Phi) is 10.6. The third-order valence-corrected chi connectivity index (χ3v) is 5.03. The maximum atomic E-state index is 11.6. The maximum absolute atomic E-state index is 11.6. The van der Waals surface area contributed by atoms with Crippen molar-refractivity contribution in [3.8, 4) is 0 Å².